The van der Waals surface area contributed by atoms with Crippen LogP contribution in [0.5, 0.6) is 11.5 Å². The Morgan fingerprint density at radius 2 is 1.82 bits per heavy atom. The van der Waals surface area contributed by atoms with Crippen LogP contribution in [-0.2, 0) is 11.4 Å². The fourth-order valence-corrected chi connectivity index (χ4v) is 5.03. The van der Waals surface area contributed by atoms with Gasteiger partial charge in [-0.2, -0.15) is 10.1 Å². The van der Waals surface area contributed by atoms with Crippen molar-refractivity contribution in [3.63, 3.8) is 0 Å². The number of aryl methyl sites for hydroxylation is 2. The molecule has 2 N–H and O–H groups in total. The summed E-state index contributed by atoms with van der Waals surface area (Å²) in [7, 11) is 0. The molecule has 5 rings (SSSR count). The van der Waals surface area contributed by atoms with Crippen molar-refractivity contribution in [1.82, 2.24) is 14.8 Å². The molecule has 1 aliphatic rings. The van der Waals surface area contributed by atoms with Gasteiger partial charge in [0.05, 0.1) is 22.2 Å². The molecule has 0 spiro atoms. The van der Waals surface area contributed by atoms with Crippen molar-refractivity contribution in [2.75, 3.05) is 17.2 Å². The summed E-state index contributed by atoms with van der Waals surface area (Å²) in [5.41, 5.74) is 5.73. The molecule has 0 saturated heterocycles. The van der Waals surface area contributed by atoms with E-state index in [1.807, 2.05) is 70.2 Å². The van der Waals surface area contributed by atoms with Crippen LogP contribution in [-0.4, -0.2) is 27.3 Å². The number of nitrogens with zero attached hydrogens (tertiary/aromatic N) is 3. The molecule has 3 aromatic carbocycles. The number of aromatic nitrogens is 3. The second kappa shape index (κ2) is 11.6. The molecule has 0 saturated carbocycles. The molecular weight excluding hydrogens is 549 g/mol. The SMILES string of the molecule is CCOc1cc([C@H]2C(C(=O)Nc3ccc(C)cc3C)=C(C)Nc3ncnn32)ccc1OCc1ccc(Cl)c(Cl)c1. The first-order valence-electron chi connectivity index (χ1n) is 12.8. The number of rotatable bonds is 8. The molecule has 1 aliphatic heterocycles. The third-order valence-electron chi connectivity index (χ3n) is 6.63. The van der Waals surface area contributed by atoms with E-state index >= 15 is 0 Å². The van der Waals surface area contributed by atoms with Crippen LogP contribution in [0.3, 0.4) is 0 Å². The van der Waals surface area contributed by atoms with Crippen LogP contribution in [0.1, 0.15) is 42.1 Å². The fourth-order valence-electron chi connectivity index (χ4n) is 4.71. The van der Waals surface area contributed by atoms with E-state index in [1.165, 1.54) is 6.33 Å². The standard InChI is InChI=1S/C30H29Cl2N5O3/c1-5-39-26-14-21(8-11-25(26)40-15-20-7-9-22(31)23(32)13-20)28-27(19(4)35-30-33-16-34-37(28)30)29(38)36-24-10-6-17(2)12-18(24)3/h6-14,16,28H,5,15H2,1-4H3,(H,36,38)(H,33,34,35)/t28-/m0/s1. The van der Waals surface area contributed by atoms with Crippen LogP contribution < -0.4 is 20.1 Å². The van der Waals surface area contributed by atoms with Crippen LogP contribution in [0, 0.1) is 13.8 Å². The average molecular weight is 579 g/mol. The van der Waals surface area contributed by atoms with E-state index in [4.69, 9.17) is 32.7 Å². The highest BCUT2D eigenvalue weighted by Gasteiger charge is 2.34. The average Bonchev–Trinajstić information content (AvgIpc) is 3.39. The number of amides is 1. The number of hydrogen-bond donors (Lipinski definition) is 2. The van der Waals surface area contributed by atoms with Gasteiger partial charge in [0.2, 0.25) is 5.95 Å². The molecule has 0 bridgehead atoms. The molecule has 1 atom stereocenters. The van der Waals surface area contributed by atoms with E-state index in [2.05, 4.69) is 20.7 Å². The van der Waals surface area contributed by atoms with Crippen molar-refractivity contribution in [2.45, 2.75) is 40.3 Å². The predicted molar refractivity (Wildman–Crippen MR) is 157 cm³/mol. The van der Waals surface area contributed by atoms with Crippen LogP contribution >= 0.6 is 23.2 Å². The lowest BCUT2D eigenvalue weighted by atomic mass is 9.94. The van der Waals surface area contributed by atoms with E-state index in [0.717, 1.165) is 27.9 Å². The van der Waals surface area contributed by atoms with Crippen molar-refractivity contribution >= 4 is 40.7 Å². The van der Waals surface area contributed by atoms with Gasteiger partial charge in [-0.1, -0.05) is 53.0 Å². The molecule has 1 amide bonds. The van der Waals surface area contributed by atoms with Gasteiger partial charge in [-0.3, -0.25) is 4.79 Å². The maximum absolute atomic E-state index is 13.8. The van der Waals surface area contributed by atoms with Gasteiger partial charge in [-0.15, -0.1) is 0 Å². The molecule has 1 aromatic heterocycles. The maximum atomic E-state index is 13.8. The topological polar surface area (TPSA) is 90.3 Å². The molecule has 10 heteroatoms. The van der Waals surface area contributed by atoms with Crippen molar-refractivity contribution < 1.29 is 14.3 Å². The van der Waals surface area contributed by atoms with Crippen LogP contribution in [0.2, 0.25) is 10.0 Å². The Labute approximate surface area is 242 Å². The monoisotopic (exact) mass is 577 g/mol. The van der Waals surface area contributed by atoms with Crippen molar-refractivity contribution in [2.24, 2.45) is 0 Å². The summed E-state index contributed by atoms with van der Waals surface area (Å²) < 4.78 is 13.8. The summed E-state index contributed by atoms with van der Waals surface area (Å²) in [5.74, 6) is 1.42. The fraction of sp³-hybridized carbons (Fsp3) is 0.233. The van der Waals surface area contributed by atoms with Gasteiger partial charge in [-0.25, -0.2) is 4.68 Å². The lowest BCUT2D eigenvalue weighted by molar-refractivity contribution is -0.113. The third-order valence-corrected chi connectivity index (χ3v) is 7.37. The molecule has 0 aliphatic carbocycles. The van der Waals surface area contributed by atoms with E-state index < -0.39 is 6.04 Å². The summed E-state index contributed by atoms with van der Waals surface area (Å²) in [6.45, 7) is 8.47. The molecule has 0 radical (unpaired) electrons. The molecule has 206 valence electrons. The molecule has 40 heavy (non-hydrogen) atoms. The van der Waals surface area contributed by atoms with Crippen molar-refractivity contribution in [1.29, 1.82) is 0 Å². The minimum absolute atomic E-state index is 0.235. The van der Waals surface area contributed by atoms with E-state index in [1.54, 1.807) is 16.8 Å². The van der Waals surface area contributed by atoms with Gasteiger partial charge in [0.15, 0.2) is 11.5 Å². The minimum Gasteiger partial charge on any atom is -0.490 e. The maximum Gasteiger partial charge on any atom is 0.255 e. The van der Waals surface area contributed by atoms with Gasteiger partial charge in [0, 0.05) is 11.4 Å². The second-order valence-corrected chi connectivity index (χ2v) is 10.4. The predicted octanol–water partition coefficient (Wildman–Crippen LogP) is 7.11. The van der Waals surface area contributed by atoms with Crippen LogP contribution in [0.25, 0.3) is 0 Å². The lowest BCUT2D eigenvalue weighted by Crippen LogP contribution is -2.31. The zero-order valence-electron chi connectivity index (χ0n) is 22.6. The quantitative estimate of drug-likeness (QED) is 0.232. The minimum atomic E-state index is -0.548. The first-order chi connectivity index (χ1) is 19.2. The first kappa shape index (κ1) is 27.6. The highest BCUT2D eigenvalue weighted by atomic mass is 35.5. The largest absolute Gasteiger partial charge is 0.490 e. The Morgan fingerprint density at radius 3 is 2.58 bits per heavy atom. The van der Waals surface area contributed by atoms with Crippen molar-refractivity contribution in [3.05, 3.63) is 104 Å². The highest BCUT2D eigenvalue weighted by molar-refractivity contribution is 6.42. The van der Waals surface area contributed by atoms with Crippen LogP contribution in [0.15, 0.2) is 72.2 Å². The van der Waals surface area contributed by atoms with Gasteiger partial charge in [0.25, 0.3) is 5.91 Å². The van der Waals surface area contributed by atoms with E-state index in [-0.39, 0.29) is 12.5 Å². The van der Waals surface area contributed by atoms with Gasteiger partial charge in [-0.05, 0) is 74.7 Å². The number of ether oxygens (including phenoxy) is 2. The Balaban J connectivity index is 1.48. The van der Waals surface area contributed by atoms with Gasteiger partial charge < -0.3 is 20.1 Å². The molecule has 0 unspecified atom stereocenters. The molecule has 8 nitrogen and oxygen atoms in total. The molecule has 4 aromatic rings. The van der Waals surface area contributed by atoms with E-state index in [0.29, 0.717) is 45.4 Å². The summed E-state index contributed by atoms with van der Waals surface area (Å²) >= 11 is 12.2. The number of carbonyl (C=O) groups is 1. The number of carbonyl (C=O) groups excluding carboxylic acids is 1. The first-order valence-corrected chi connectivity index (χ1v) is 13.6. The summed E-state index contributed by atoms with van der Waals surface area (Å²) in [5, 5.41) is 11.7. The van der Waals surface area contributed by atoms with E-state index in [9.17, 15) is 4.79 Å². The number of nitrogens with one attached hydrogen (secondary N) is 2. The lowest BCUT2D eigenvalue weighted by Gasteiger charge is -2.29. The van der Waals surface area contributed by atoms with Gasteiger partial charge >= 0.3 is 0 Å². The van der Waals surface area contributed by atoms with Crippen molar-refractivity contribution in [3.8, 4) is 11.5 Å². The Morgan fingerprint density at radius 1 is 1.00 bits per heavy atom. The summed E-state index contributed by atoms with van der Waals surface area (Å²) in [6, 6.07) is 16.4. The Bertz CT molecular complexity index is 1610. The number of anilines is 2. The Kier molecular flexibility index (Phi) is 8.00. The number of allylic oxidation sites excluding steroid dienone is 1. The normalized spacial score (nSPS) is 14.4. The number of benzene rings is 3. The molecule has 2 heterocycles. The zero-order valence-corrected chi connectivity index (χ0v) is 24.1. The molecular formula is C30H29Cl2N5O3. The zero-order chi connectivity index (χ0) is 28.4. The second-order valence-electron chi connectivity index (χ2n) is 9.54. The number of fused-ring (bicyclic) bond motifs is 1. The smallest absolute Gasteiger partial charge is 0.255 e. The number of halogens is 2. The summed E-state index contributed by atoms with van der Waals surface area (Å²) in [4.78, 5) is 18.1. The van der Waals surface area contributed by atoms with Crippen LogP contribution in [0.4, 0.5) is 11.6 Å². The third kappa shape index (κ3) is 5.64. The number of hydrogen-bond acceptors (Lipinski definition) is 6. The van der Waals surface area contributed by atoms with Gasteiger partial charge in [0.1, 0.15) is 19.0 Å². The Hall–Kier alpha value is -4.01. The molecule has 0 fully saturated rings. The highest BCUT2D eigenvalue weighted by Crippen LogP contribution is 2.39. The summed E-state index contributed by atoms with van der Waals surface area (Å²) in [6.07, 6.45) is 1.46.